The fourth-order valence-corrected chi connectivity index (χ4v) is 1.94. The van der Waals surface area contributed by atoms with Crippen molar-refractivity contribution in [1.29, 1.82) is 0 Å². The average molecular weight is 230 g/mol. The minimum Gasteiger partial charge on any atom is -0.399 e. The predicted molar refractivity (Wildman–Crippen MR) is 72.4 cm³/mol. The van der Waals surface area contributed by atoms with Crippen LogP contribution in [0.1, 0.15) is 0 Å². The molecule has 0 aliphatic heterocycles. The van der Waals surface area contributed by atoms with E-state index >= 15 is 0 Å². The first-order valence-corrected chi connectivity index (χ1v) is 6.27. The molecule has 0 heterocycles. The zero-order chi connectivity index (χ0) is 11.4. The molecule has 0 spiro atoms. The molecule has 0 aliphatic rings. The molecule has 0 bridgehead atoms. The summed E-state index contributed by atoms with van der Waals surface area (Å²) in [5.74, 6) is 0. The van der Waals surface area contributed by atoms with Crippen LogP contribution in [0.15, 0.2) is 53.4 Å². The van der Waals surface area contributed by atoms with Gasteiger partial charge in [-0.1, -0.05) is 12.1 Å². The second-order valence-corrected chi connectivity index (χ2v) is 4.36. The monoisotopic (exact) mass is 230 g/mol. The summed E-state index contributed by atoms with van der Waals surface area (Å²) in [5.41, 5.74) is 8.59. The van der Waals surface area contributed by atoms with E-state index in [1.807, 2.05) is 36.4 Å². The number of nitrogens with two attached hydrogens (primary N) is 1. The van der Waals surface area contributed by atoms with Gasteiger partial charge in [0.15, 0.2) is 0 Å². The molecule has 0 saturated heterocycles. The van der Waals surface area contributed by atoms with Gasteiger partial charge in [-0.3, -0.25) is 0 Å². The molecule has 0 unspecified atom stereocenters. The Bertz CT molecular complexity index is 483. The molecule has 2 aromatic carbocycles. The predicted octanol–water partition coefficient (Wildman–Crippen LogP) is 3.73. The zero-order valence-corrected chi connectivity index (χ0v) is 9.92. The van der Waals surface area contributed by atoms with Crippen LogP contribution in [0, 0.1) is 0 Å². The third-order valence-corrected chi connectivity index (χ3v) is 2.97. The Kier molecular flexibility index (Phi) is 3.37. The van der Waals surface area contributed by atoms with Crippen molar-refractivity contribution in [1.82, 2.24) is 0 Å². The number of anilines is 3. The standard InChI is InChI=1S/C13H14N2S/c1-16-13-7-3-6-12(9-13)15-11-5-2-4-10(14)8-11/h2-9,15H,14H2,1H3. The van der Waals surface area contributed by atoms with E-state index in [0.717, 1.165) is 17.1 Å². The van der Waals surface area contributed by atoms with E-state index in [-0.39, 0.29) is 0 Å². The van der Waals surface area contributed by atoms with E-state index in [4.69, 9.17) is 5.73 Å². The van der Waals surface area contributed by atoms with E-state index in [9.17, 15) is 0 Å². The van der Waals surface area contributed by atoms with Gasteiger partial charge in [-0.25, -0.2) is 0 Å². The molecule has 0 aliphatic carbocycles. The summed E-state index contributed by atoms with van der Waals surface area (Å²) in [4.78, 5) is 1.24. The second kappa shape index (κ2) is 4.94. The van der Waals surface area contributed by atoms with Crippen LogP contribution in [0.4, 0.5) is 17.1 Å². The first kappa shape index (κ1) is 10.9. The summed E-state index contributed by atoms with van der Waals surface area (Å²) in [5, 5.41) is 3.33. The van der Waals surface area contributed by atoms with Gasteiger partial charge in [0.05, 0.1) is 0 Å². The van der Waals surface area contributed by atoms with Gasteiger partial charge in [-0.15, -0.1) is 11.8 Å². The van der Waals surface area contributed by atoms with Crippen LogP contribution in [0.2, 0.25) is 0 Å². The quantitative estimate of drug-likeness (QED) is 0.623. The molecular weight excluding hydrogens is 216 g/mol. The highest BCUT2D eigenvalue weighted by Gasteiger charge is 1.96. The molecule has 0 aromatic heterocycles. The van der Waals surface area contributed by atoms with Gasteiger partial charge in [0.2, 0.25) is 0 Å². The third-order valence-electron chi connectivity index (χ3n) is 2.25. The van der Waals surface area contributed by atoms with Crippen molar-refractivity contribution < 1.29 is 0 Å². The van der Waals surface area contributed by atoms with Crippen molar-refractivity contribution in [2.24, 2.45) is 0 Å². The van der Waals surface area contributed by atoms with Crippen LogP contribution in [0.3, 0.4) is 0 Å². The number of hydrogen-bond donors (Lipinski definition) is 2. The number of benzene rings is 2. The van der Waals surface area contributed by atoms with Crippen LogP contribution >= 0.6 is 11.8 Å². The molecule has 0 amide bonds. The van der Waals surface area contributed by atoms with E-state index in [1.54, 1.807) is 11.8 Å². The molecule has 0 atom stereocenters. The van der Waals surface area contributed by atoms with Crippen molar-refractivity contribution in [3.05, 3.63) is 48.5 Å². The molecular formula is C13H14N2S. The normalized spacial score (nSPS) is 10.1. The first-order chi connectivity index (χ1) is 7.78. The maximum atomic E-state index is 5.72. The minimum absolute atomic E-state index is 0.769. The van der Waals surface area contributed by atoms with E-state index in [2.05, 4.69) is 23.7 Å². The number of rotatable bonds is 3. The fraction of sp³-hybridized carbons (Fsp3) is 0.0769. The molecule has 0 fully saturated rings. The van der Waals surface area contributed by atoms with Crippen LogP contribution < -0.4 is 11.1 Å². The maximum absolute atomic E-state index is 5.72. The van der Waals surface area contributed by atoms with Gasteiger partial charge in [0.1, 0.15) is 0 Å². The Morgan fingerprint density at radius 1 is 1.00 bits per heavy atom. The Morgan fingerprint density at radius 3 is 2.38 bits per heavy atom. The van der Waals surface area contributed by atoms with Crippen LogP contribution in [0.5, 0.6) is 0 Å². The van der Waals surface area contributed by atoms with Gasteiger partial charge in [0, 0.05) is 22.0 Å². The maximum Gasteiger partial charge on any atom is 0.0404 e. The van der Waals surface area contributed by atoms with Gasteiger partial charge in [-0.05, 0) is 42.7 Å². The molecule has 3 N–H and O–H groups in total. The molecule has 2 rings (SSSR count). The minimum atomic E-state index is 0.769. The number of nitrogen functional groups attached to an aromatic ring is 1. The van der Waals surface area contributed by atoms with Crippen molar-refractivity contribution >= 4 is 28.8 Å². The Labute approximate surface area is 99.9 Å². The Hall–Kier alpha value is -1.61. The number of nitrogens with one attached hydrogen (secondary N) is 1. The van der Waals surface area contributed by atoms with Crippen LogP contribution in [0.25, 0.3) is 0 Å². The van der Waals surface area contributed by atoms with Gasteiger partial charge >= 0.3 is 0 Å². The van der Waals surface area contributed by atoms with Crippen LogP contribution in [-0.2, 0) is 0 Å². The lowest BCUT2D eigenvalue weighted by molar-refractivity contribution is 1.44. The van der Waals surface area contributed by atoms with Crippen molar-refractivity contribution in [3.8, 4) is 0 Å². The lowest BCUT2D eigenvalue weighted by atomic mass is 10.2. The SMILES string of the molecule is CSc1cccc(Nc2cccc(N)c2)c1. The number of hydrogen-bond acceptors (Lipinski definition) is 3. The zero-order valence-electron chi connectivity index (χ0n) is 9.10. The lowest BCUT2D eigenvalue weighted by Gasteiger charge is -2.08. The third kappa shape index (κ3) is 2.70. The van der Waals surface area contributed by atoms with Crippen molar-refractivity contribution in [2.45, 2.75) is 4.90 Å². The molecule has 2 nitrogen and oxygen atoms in total. The molecule has 3 heteroatoms. The van der Waals surface area contributed by atoms with E-state index in [0.29, 0.717) is 0 Å². The second-order valence-electron chi connectivity index (χ2n) is 3.48. The summed E-state index contributed by atoms with van der Waals surface area (Å²) in [6.07, 6.45) is 2.07. The molecule has 82 valence electrons. The number of thioether (sulfide) groups is 1. The summed E-state index contributed by atoms with van der Waals surface area (Å²) < 4.78 is 0. The Morgan fingerprint density at radius 2 is 1.69 bits per heavy atom. The van der Waals surface area contributed by atoms with E-state index in [1.165, 1.54) is 4.90 Å². The molecule has 16 heavy (non-hydrogen) atoms. The topological polar surface area (TPSA) is 38.0 Å². The first-order valence-electron chi connectivity index (χ1n) is 5.04. The lowest BCUT2D eigenvalue weighted by Crippen LogP contribution is -1.92. The van der Waals surface area contributed by atoms with Gasteiger partial charge in [0.25, 0.3) is 0 Å². The largest absolute Gasteiger partial charge is 0.399 e. The average Bonchev–Trinajstić information content (AvgIpc) is 2.29. The van der Waals surface area contributed by atoms with Crippen LogP contribution in [-0.4, -0.2) is 6.26 Å². The van der Waals surface area contributed by atoms with Gasteiger partial charge < -0.3 is 11.1 Å². The summed E-state index contributed by atoms with van der Waals surface area (Å²) in [7, 11) is 0. The highest BCUT2D eigenvalue weighted by atomic mass is 32.2. The summed E-state index contributed by atoms with van der Waals surface area (Å²) in [6, 6.07) is 16.0. The molecule has 2 aromatic rings. The Balaban J connectivity index is 2.20. The van der Waals surface area contributed by atoms with E-state index < -0.39 is 0 Å². The summed E-state index contributed by atoms with van der Waals surface area (Å²) in [6.45, 7) is 0. The highest BCUT2D eigenvalue weighted by molar-refractivity contribution is 7.98. The molecule has 0 saturated carbocycles. The van der Waals surface area contributed by atoms with Gasteiger partial charge in [-0.2, -0.15) is 0 Å². The summed E-state index contributed by atoms with van der Waals surface area (Å²) >= 11 is 1.73. The van der Waals surface area contributed by atoms with Crippen molar-refractivity contribution in [3.63, 3.8) is 0 Å². The smallest absolute Gasteiger partial charge is 0.0404 e. The molecule has 0 radical (unpaired) electrons. The van der Waals surface area contributed by atoms with Crippen molar-refractivity contribution in [2.75, 3.05) is 17.3 Å². The fourth-order valence-electron chi connectivity index (χ4n) is 1.48. The highest BCUT2D eigenvalue weighted by Crippen LogP contribution is 2.23.